The molecule has 0 spiro atoms. The van der Waals surface area contributed by atoms with E-state index in [0.717, 1.165) is 32.4 Å². The third kappa shape index (κ3) is 4.54. The number of anilines is 1. The molecule has 1 fully saturated rings. The maximum absolute atomic E-state index is 11.5. The van der Waals surface area contributed by atoms with E-state index in [1.807, 2.05) is 6.07 Å². The van der Waals surface area contributed by atoms with Gasteiger partial charge in [0.2, 0.25) is 0 Å². The van der Waals surface area contributed by atoms with E-state index in [-0.39, 0.29) is 5.69 Å². The fourth-order valence-corrected chi connectivity index (χ4v) is 3.00. The maximum Gasteiger partial charge on any atom is 0.364 e. The van der Waals surface area contributed by atoms with Crippen LogP contribution in [-0.2, 0) is 4.74 Å². The lowest BCUT2D eigenvalue weighted by atomic mass is 9.98. The van der Waals surface area contributed by atoms with Crippen molar-refractivity contribution in [2.45, 2.75) is 57.5 Å². The van der Waals surface area contributed by atoms with Crippen LogP contribution in [0.3, 0.4) is 0 Å². The lowest BCUT2D eigenvalue weighted by Gasteiger charge is -2.21. The van der Waals surface area contributed by atoms with Crippen LogP contribution < -0.4 is 11.0 Å². The Labute approximate surface area is 135 Å². The number of rotatable bonds is 8. The number of ether oxygens (including phenoxy) is 1. The van der Waals surface area contributed by atoms with Gasteiger partial charge in [-0.05, 0) is 44.2 Å². The second kappa shape index (κ2) is 8.10. The first-order chi connectivity index (χ1) is 11.3. The van der Waals surface area contributed by atoms with Gasteiger partial charge in [0.05, 0.1) is 6.10 Å². The van der Waals surface area contributed by atoms with Crippen molar-refractivity contribution in [2.24, 2.45) is 0 Å². The first kappa shape index (κ1) is 16.0. The van der Waals surface area contributed by atoms with E-state index in [4.69, 9.17) is 4.74 Å². The number of aromatic amines is 1. The molecule has 0 saturated heterocycles. The molecule has 0 amide bonds. The summed E-state index contributed by atoms with van der Waals surface area (Å²) in [6, 6.07) is 3.60. The lowest BCUT2D eigenvalue weighted by molar-refractivity contribution is 0.0264. The average Bonchev–Trinajstić information content (AvgIpc) is 2.96. The van der Waals surface area contributed by atoms with Crippen LogP contribution in [0.1, 0.15) is 51.4 Å². The second-order valence-corrected chi connectivity index (χ2v) is 6.14. The summed E-state index contributed by atoms with van der Waals surface area (Å²) in [5.41, 5.74) is 0.212. The van der Waals surface area contributed by atoms with E-state index in [1.165, 1.54) is 36.6 Å². The summed E-state index contributed by atoms with van der Waals surface area (Å²) in [5.74, 6) is 0.694. The molecule has 0 bridgehead atoms. The van der Waals surface area contributed by atoms with Crippen LogP contribution in [0.2, 0.25) is 0 Å². The molecule has 2 aromatic heterocycles. The Morgan fingerprint density at radius 2 is 2.09 bits per heavy atom. The predicted molar refractivity (Wildman–Crippen MR) is 88.8 cm³/mol. The minimum absolute atomic E-state index is 0.316. The summed E-state index contributed by atoms with van der Waals surface area (Å²) < 4.78 is 7.18. The van der Waals surface area contributed by atoms with Crippen LogP contribution in [0.25, 0.3) is 5.65 Å². The molecule has 7 nitrogen and oxygen atoms in total. The Balaban J connectivity index is 1.30. The van der Waals surface area contributed by atoms with Crippen molar-refractivity contribution in [3.05, 3.63) is 22.6 Å². The van der Waals surface area contributed by atoms with E-state index < -0.39 is 0 Å². The van der Waals surface area contributed by atoms with Crippen LogP contribution in [0, 0.1) is 0 Å². The van der Waals surface area contributed by atoms with Crippen molar-refractivity contribution >= 4 is 11.5 Å². The van der Waals surface area contributed by atoms with Gasteiger partial charge in [-0.25, -0.2) is 9.89 Å². The van der Waals surface area contributed by atoms with Gasteiger partial charge in [0.25, 0.3) is 0 Å². The number of aromatic nitrogens is 4. The van der Waals surface area contributed by atoms with Gasteiger partial charge in [-0.2, -0.15) is 9.61 Å². The Kier molecular flexibility index (Phi) is 5.63. The molecule has 2 N–H and O–H groups in total. The second-order valence-electron chi connectivity index (χ2n) is 6.14. The van der Waals surface area contributed by atoms with Crippen LogP contribution >= 0.6 is 0 Å². The number of fused-ring (bicyclic) bond motifs is 1. The van der Waals surface area contributed by atoms with Gasteiger partial charge in [-0.15, -0.1) is 5.10 Å². The zero-order valence-electron chi connectivity index (χ0n) is 13.5. The third-order valence-corrected chi connectivity index (χ3v) is 4.31. The highest BCUT2D eigenvalue weighted by atomic mass is 16.5. The van der Waals surface area contributed by atoms with Gasteiger partial charge >= 0.3 is 5.69 Å². The molecule has 3 rings (SSSR count). The molecule has 126 valence electrons. The smallest absolute Gasteiger partial charge is 0.364 e. The summed E-state index contributed by atoms with van der Waals surface area (Å²) in [6.45, 7) is 1.72. The fourth-order valence-electron chi connectivity index (χ4n) is 3.00. The van der Waals surface area contributed by atoms with Gasteiger partial charge in [-0.1, -0.05) is 19.3 Å². The highest BCUT2D eigenvalue weighted by Crippen LogP contribution is 2.20. The van der Waals surface area contributed by atoms with Crippen LogP contribution in [0.5, 0.6) is 0 Å². The molecule has 0 unspecified atom stereocenters. The summed E-state index contributed by atoms with van der Waals surface area (Å²) in [6.07, 6.45) is 10.3. The van der Waals surface area contributed by atoms with Gasteiger partial charge in [0, 0.05) is 13.2 Å². The van der Waals surface area contributed by atoms with E-state index in [1.54, 1.807) is 6.07 Å². The number of hydrogen-bond donors (Lipinski definition) is 2. The number of hydrogen-bond acceptors (Lipinski definition) is 5. The monoisotopic (exact) mass is 319 g/mol. The van der Waals surface area contributed by atoms with Crippen LogP contribution in [0.15, 0.2) is 16.9 Å². The summed E-state index contributed by atoms with van der Waals surface area (Å²) in [5, 5.41) is 13.7. The van der Waals surface area contributed by atoms with E-state index >= 15 is 0 Å². The number of H-pyrrole nitrogens is 1. The van der Waals surface area contributed by atoms with Gasteiger partial charge in [-0.3, -0.25) is 0 Å². The maximum atomic E-state index is 11.5. The van der Waals surface area contributed by atoms with Gasteiger partial charge < -0.3 is 10.1 Å². The molecule has 1 aliphatic rings. The van der Waals surface area contributed by atoms with Gasteiger partial charge in [0.15, 0.2) is 5.65 Å². The topological polar surface area (TPSA) is 84.3 Å². The highest BCUT2D eigenvalue weighted by molar-refractivity contribution is 5.42. The van der Waals surface area contributed by atoms with Crippen LogP contribution in [0.4, 0.5) is 5.82 Å². The lowest BCUT2D eigenvalue weighted by Crippen LogP contribution is -2.17. The zero-order chi connectivity index (χ0) is 15.9. The van der Waals surface area contributed by atoms with Gasteiger partial charge in [0.1, 0.15) is 5.82 Å². The number of nitrogens with zero attached hydrogens (tertiary/aromatic N) is 3. The normalized spacial score (nSPS) is 16.0. The van der Waals surface area contributed by atoms with Crippen molar-refractivity contribution < 1.29 is 4.74 Å². The molecule has 1 aliphatic carbocycles. The average molecular weight is 319 g/mol. The van der Waals surface area contributed by atoms with E-state index in [2.05, 4.69) is 20.6 Å². The zero-order valence-corrected chi connectivity index (χ0v) is 13.5. The minimum Gasteiger partial charge on any atom is -0.378 e. The van der Waals surface area contributed by atoms with E-state index in [0.29, 0.717) is 17.6 Å². The van der Waals surface area contributed by atoms with Crippen molar-refractivity contribution in [3.63, 3.8) is 0 Å². The van der Waals surface area contributed by atoms with Crippen molar-refractivity contribution in [3.8, 4) is 0 Å². The molecule has 1 saturated carbocycles. The molecule has 0 aliphatic heterocycles. The van der Waals surface area contributed by atoms with Crippen LogP contribution in [-0.4, -0.2) is 39.1 Å². The SMILES string of the molecule is O=c1[nH]nc2ccc(NCCCCCOC3CCCCC3)nn12. The molecular weight excluding hydrogens is 294 g/mol. The molecule has 7 heteroatoms. The molecule has 2 aromatic rings. The quantitative estimate of drug-likeness (QED) is 0.730. The molecule has 0 radical (unpaired) electrons. The van der Waals surface area contributed by atoms with Crippen molar-refractivity contribution in [2.75, 3.05) is 18.5 Å². The number of unbranched alkanes of at least 4 members (excludes halogenated alkanes) is 2. The predicted octanol–water partition coefficient (Wildman–Crippen LogP) is 2.35. The summed E-state index contributed by atoms with van der Waals surface area (Å²) in [4.78, 5) is 11.5. The Hall–Kier alpha value is -1.89. The highest BCUT2D eigenvalue weighted by Gasteiger charge is 2.12. The third-order valence-electron chi connectivity index (χ3n) is 4.31. The summed E-state index contributed by atoms with van der Waals surface area (Å²) >= 11 is 0. The molecule has 2 heterocycles. The molecule has 0 aromatic carbocycles. The largest absolute Gasteiger partial charge is 0.378 e. The Morgan fingerprint density at radius 1 is 1.22 bits per heavy atom. The fraction of sp³-hybridized carbons (Fsp3) is 0.688. The Morgan fingerprint density at radius 3 is 2.96 bits per heavy atom. The van der Waals surface area contributed by atoms with Crippen molar-refractivity contribution in [1.82, 2.24) is 19.8 Å². The molecule has 23 heavy (non-hydrogen) atoms. The standard InChI is InChI=1S/C16H25N5O2/c22-16-19-18-15-10-9-14(20-21(15)16)17-11-5-2-6-12-23-13-7-3-1-4-8-13/h9-10,13H,1-8,11-12H2,(H,17,20)(H,19,22). The molecular formula is C16H25N5O2. The Bertz CT molecular complexity index is 660. The molecule has 0 atom stereocenters. The first-order valence-electron chi connectivity index (χ1n) is 8.63. The summed E-state index contributed by atoms with van der Waals surface area (Å²) in [7, 11) is 0. The number of nitrogens with one attached hydrogen (secondary N) is 2. The van der Waals surface area contributed by atoms with Crippen molar-refractivity contribution in [1.29, 1.82) is 0 Å². The minimum atomic E-state index is -0.316. The van der Waals surface area contributed by atoms with E-state index in [9.17, 15) is 4.79 Å². The first-order valence-corrected chi connectivity index (χ1v) is 8.63.